The van der Waals surface area contributed by atoms with E-state index in [0.717, 1.165) is 0 Å². The molecule has 1 aromatic carbocycles. The van der Waals surface area contributed by atoms with Crippen LogP contribution in [0.1, 0.15) is 13.3 Å². The molecule has 0 fully saturated rings. The van der Waals surface area contributed by atoms with Gasteiger partial charge in [-0.05, 0) is 18.7 Å². The topological polar surface area (TPSA) is 26.3 Å². The van der Waals surface area contributed by atoms with E-state index in [-0.39, 0.29) is 5.97 Å². The van der Waals surface area contributed by atoms with E-state index in [2.05, 4.69) is 48.8 Å². The largest absolute Gasteiger partial charge is 0.466 e. The highest BCUT2D eigenvalue weighted by Gasteiger charge is 2.18. The van der Waals surface area contributed by atoms with Crippen molar-refractivity contribution in [2.24, 2.45) is 0 Å². The molecule has 0 aliphatic carbocycles. The van der Waals surface area contributed by atoms with Crippen LogP contribution in [0.3, 0.4) is 0 Å². The third-order valence-corrected chi connectivity index (χ3v) is 5.36. The first-order valence-corrected chi connectivity index (χ1v) is 9.27. The second kappa shape index (κ2) is 6.99. The zero-order valence-corrected chi connectivity index (χ0v) is 12.3. The smallest absolute Gasteiger partial charge is 0.310 e. The predicted molar refractivity (Wildman–Crippen MR) is 77.5 cm³/mol. The molecule has 1 rings (SSSR count). The first-order valence-electron chi connectivity index (χ1n) is 6.19. The lowest BCUT2D eigenvalue weighted by molar-refractivity contribution is -0.142. The van der Waals surface area contributed by atoms with Gasteiger partial charge in [-0.15, -0.1) is 5.73 Å². The first-order chi connectivity index (χ1) is 8.56. The van der Waals surface area contributed by atoms with Gasteiger partial charge in [0.15, 0.2) is 0 Å². The number of carbonyl (C=O) groups excluding carboxylic acids is 1. The second-order valence-corrected chi connectivity index (χ2v) is 8.92. The lowest BCUT2D eigenvalue weighted by Gasteiger charge is -2.16. The standard InChI is InChI=1S/C15H20O2Si/c1-4-17-15(16)12-8-9-13-18(2,3)14-10-6-5-7-11-14/h5-8,10-11,13H,4,12H2,1-3H3. The van der Waals surface area contributed by atoms with Crippen LogP contribution in [0.25, 0.3) is 0 Å². The summed E-state index contributed by atoms with van der Waals surface area (Å²) >= 11 is 0. The molecule has 0 saturated carbocycles. The van der Waals surface area contributed by atoms with Crippen LogP contribution in [0.5, 0.6) is 0 Å². The van der Waals surface area contributed by atoms with Crippen LogP contribution in [-0.2, 0) is 9.53 Å². The van der Waals surface area contributed by atoms with Crippen molar-refractivity contribution in [1.82, 2.24) is 0 Å². The zero-order chi connectivity index (χ0) is 13.4. The molecule has 0 aromatic heterocycles. The highest BCUT2D eigenvalue weighted by molar-refractivity contribution is 6.93. The Balaban J connectivity index is 2.65. The molecular weight excluding hydrogens is 240 g/mol. The summed E-state index contributed by atoms with van der Waals surface area (Å²) < 4.78 is 4.85. The van der Waals surface area contributed by atoms with Crippen molar-refractivity contribution in [2.45, 2.75) is 26.4 Å². The van der Waals surface area contributed by atoms with Gasteiger partial charge in [0, 0.05) is 0 Å². The Kier molecular flexibility index (Phi) is 5.63. The zero-order valence-electron chi connectivity index (χ0n) is 11.3. The van der Waals surface area contributed by atoms with Gasteiger partial charge < -0.3 is 4.74 Å². The fraction of sp³-hybridized carbons (Fsp3) is 0.333. The molecular formula is C15H20O2Si. The Morgan fingerprint density at radius 1 is 1.33 bits per heavy atom. The van der Waals surface area contributed by atoms with Gasteiger partial charge in [0.05, 0.1) is 13.0 Å². The SMILES string of the molecule is CCOC(=O)CC=C=C[Si](C)(C)c1ccccc1. The molecule has 0 spiro atoms. The van der Waals surface area contributed by atoms with Crippen LogP contribution in [0.4, 0.5) is 0 Å². The van der Waals surface area contributed by atoms with Gasteiger partial charge in [-0.25, -0.2) is 0 Å². The molecule has 0 unspecified atom stereocenters. The normalized spacial score (nSPS) is 10.4. The van der Waals surface area contributed by atoms with E-state index in [1.165, 1.54) is 5.19 Å². The van der Waals surface area contributed by atoms with Gasteiger partial charge in [0.1, 0.15) is 8.07 Å². The first kappa shape index (κ1) is 14.5. The monoisotopic (exact) mass is 260 g/mol. The lowest BCUT2D eigenvalue weighted by atomic mass is 10.4. The molecule has 0 aliphatic heterocycles. The van der Waals surface area contributed by atoms with E-state index in [9.17, 15) is 4.79 Å². The number of benzene rings is 1. The fourth-order valence-electron chi connectivity index (χ4n) is 1.58. The minimum absolute atomic E-state index is 0.197. The molecule has 0 saturated heterocycles. The van der Waals surface area contributed by atoms with Crippen molar-refractivity contribution in [3.8, 4) is 0 Å². The van der Waals surface area contributed by atoms with Crippen molar-refractivity contribution >= 4 is 19.2 Å². The van der Waals surface area contributed by atoms with Gasteiger partial charge in [-0.1, -0.05) is 48.6 Å². The van der Waals surface area contributed by atoms with Crippen LogP contribution in [0.2, 0.25) is 13.1 Å². The number of ether oxygens (including phenoxy) is 1. The summed E-state index contributed by atoms with van der Waals surface area (Å²) in [4.78, 5) is 11.1. The number of carbonyl (C=O) groups is 1. The average Bonchev–Trinajstić information content (AvgIpc) is 2.36. The number of hydrogen-bond acceptors (Lipinski definition) is 2. The molecule has 1 aromatic rings. The molecule has 0 bridgehead atoms. The Morgan fingerprint density at radius 3 is 2.61 bits per heavy atom. The fourth-order valence-corrected chi connectivity index (χ4v) is 3.33. The van der Waals surface area contributed by atoms with E-state index in [1.54, 1.807) is 6.08 Å². The van der Waals surface area contributed by atoms with E-state index in [0.29, 0.717) is 13.0 Å². The molecule has 0 radical (unpaired) electrons. The molecule has 0 atom stereocenters. The van der Waals surface area contributed by atoms with Gasteiger partial charge in [-0.3, -0.25) is 4.79 Å². The van der Waals surface area contributed by atoms with E-state index in [1.807, 2.05) is 13.0 Å². The molecule has 0 aliphatic rings. The minimum Gasteiger partial charge on any atom is -0.466 e. The maximum Gasteiger partial charge on any atom is 0.310 e. The summed E-state index contributed by atoms with van der Waals surface area (Å²) in [6.07, 6.45) is 2.04. The van der Waals surface area contributed by atoms with E-state index < -0.39 is 8.07 Å². The summed E-state index contributed by atoms with van der Waals surface area (Å²) in [5, 5.41) is 1.36. The second-order valence-electron chi connectivity index (χ2n) is 4.61. The van der Waals surface area contributed by atoms with Crippen LogP contribution >= 0.6 is 0 Å². The molecule has 0 N–H and O–H groups in total. The van der Waals surface area contributed by atoms with Crippen LogP contribution in [0.15, 0.2) is 47.8 Å². The molecule has 96 valence electrons. The summed E-state index contributed by atoms with van der Waals surface area (Å²) in [5.41, 5.74) is 5.24. The van der Waals surface area contributed by atoms with Gasteiger partial charge in [-0.2, -0.15) is 0 Å². The lowest BCUT2D eigenvalue weighted by Crippen LogP contribution is -2.39. The van der Waals surface area contributed by atoms with Crippen molar-refractivity contribution < 1.29 is 9.53 Å². The maximum atomic E-state index is 11.1. The summed E-state index contributed by atoms with van der Waals surface area (Å²) in [6, 6.07) is 10.4. The summed E-state index contributed by atoms with van der Waals surface area (Å²) in [6.45, 7) is 6.75. The van der Waals surface area contributed by atoms with Gasteiger partial charge >= 0.3 is 5.97 Å². The third-order valence-electron chi connectivity index (χ3n) is 2.65. The number of esters is 1. The quantitative estimate of drug-likeness (QED) is 0.462. The van der Waals surface area contributed by atoms with Crippen molar-refractivity contribution in [3.63, 3.8) is 0 Å². The number of rotatable bonds is 5. The van der Waals surface area contributed by atoms with E-state index in [4.69, 9.17) is 4.74 Å². The molecule has 18 heavy (non-hydrogen) atoms. The van der Waals surface area contributed by atoms with Crippen molar-refractivity contribution in [3.05, 3.63) is 47.8 Å². The van der Waals surface area contributed by atoms with Crippen molar-refractivity contribution in [2.75, 3.05) is 6.61 Å². The van der Waals surface area contributed by atoms with Crippen molar-refractivity contribution in [1.29, 1.82) is 0 Å². The molecule has 3 heteroatoms. The predicted octanol–water partition coefficient (Wildman–Crippen LogP) is 2.81. The highest BCUT2D eigenvalue weighted by Crippen LogP contribution is 2.04. The van der Waals surface area contributed by atoms with Crippen LogP contribution in [0, 0.1) is 0 Å². The van der Waals surface area contributed by atoms with Gasteiger partial charge in [0.25, 0.3) is 0 Å². The Bertz CT molecular complexity index is 443. The molecule has 2 nitrogen and oxygen atoms in total. The highest BCUT2D eigenvalue weighted by atomic mass is 28.3. The average molecular weight is 260 g/mol. The Labute approximate surface area is 110 Å². The molecule has 0 heterocycles. The van der Waals surface area contributed by atoms with E-state index >= 15 is 0 Å². The van der Waals surface area contributed by atoms with Crippen LogP contribution < -0.4 is 5.19 Å². The Hall–Kier alpha value is -1.57. The molecule has 0 amide bonds. The maximum absolute atomic E-state index is 11.1. The number of hydrogen-bond donors (Lipinski definition) is 0. The van der Waals surface area contributed by atoms with Crippen LogP contribution in [-0.4, -0.2) is 20.7 Å². The van der Waals surface area contributed by atoms with Gasteiger partial charge in [0.2, 0.25) is 0 Å². The summed E-state index contributed by atoms with van der Waals surface area (Å²) in [5.74, 6) is -0.197. The third kappa shape index (κ3) is 4.74. The minimum atomic E-state index is -1.59. The Morgan fingerprint density at radius 2 is 2.00 bits per heavy atom. The summed E-state index contributed by atoms with van der Waals surface area (Å²) in [7, 11) is -1.59.